The zero-order chi connectivity index (χ0) is 33.9. The molecule has 1 fully saturated rings. The number of anilines is 1. The van der Waals surface area contributed by atoms with E-state index in [1.807, 2.05) is 26.0 Å². The highest BCUT2D eigenvalue weighted by molar-refractivity contribution is 8.15. The van der Waals surface area contributed by atoms with E-state index < -0.39 is 42.3 Å². The summed E-state index contributed by atoms with van der Waals surface area (Å²) < 4.78 is 82.5. The molecule has 1 saturated heterocycles. The van der Waals surface area contributed by atoms with E-state index in [2.05, 4.69) is 25.1 Å². The Bertz CT molecular complexity index is 1810. The van der Waals surface area contributed by atoms with Crippen molar-refractivity contribution >= 4 is 34.6 Å². The third-order valence-electron chi connectivity index (χ3n) is 6.70. The van der Waals surface area contributed by atoms with E-state index in [9.17, 15) is 31.5 Å². The van der Waals surface area contributed by atoms with Crippen molar-refractivity contribution in [2.75, 3.05) is 24.5 Å². The Morgan fingerprint density at radius 1 is 1.11 bits per heavy atom. The Balaban J connectivity index is 1.24. The molecule has 0 saturated carbocycles. The number of carbonyl (C=O) groups is 2. The first-order valence-corrected chi connectivity index (χ1v) is 14.7. The van der Waals surface area contributed by atoms with Gasteiger partial charge < -0.3 is 19.5 Å². The van der Waals surface area contributed by atoms with E-state index in [0.29, 0.717) is 11.4 Å². The number of aliphatic imine (C=N–C) groups is 1. The average molecular weight is 677 g/mol. The van der Waals surface area contributed by atoms with Crippen molar-refractivity contribution < 1.29 is 45.8 Å². The molecule has 1 atom stereocenters. The minimum absolute atomic E-state index is 0.0520. The van der Waals surface area contributed by atoms with Gasteiger partial charge in [0.1, 0.15) is 12.1 Å². The first kappa shape index (κ1) is 33.3. The lowest BCUT2D eigenvalue weighted by molar-refractivity contribution is -0.274. The van der Waals surface area contributed by atoms with Gasteiger partial charge in [0.15, 0.2) is 35.1 Å². The van der Waals surface area contributed by atoms with E-state index in [-0.39, 0.29) is 34.3 Å². The van der Waals surface area contributed by atoms with Gasteiger partial charge in [-0.15, -0.1) is 18.3 Å². The molecule has 4 aromatic rings. The minimum Gasteiger partial charge on any atom is -0.467 e. The van der Waals surface area contributed by atoms with Crippen molar-refractivity contribution in [1.82, 2.24) is 20.1 Å². The van der Waals surface area contributed by atoms with Crippen LogP contribution in [0.2, 0.25) is 0 Å². The highest BCUT2D eigenvalue weighted by Crippen LogP contribution is 2.35. The van der Waals surface area contributed by atoms with Gasteiger partial charge in [-0.1, -0.05) is 23.9 Å². The number of methoxy groups -OCH3 is 1. The Hall–Kier alpha value is -5.03. The maximum Gasteiger partial charge on any atom is 0.573 e. The number of thioether (sulfide) groups is 1. The van der Waals surface area contributed by atoms with Crippen molar-refractivity contribution in [2.24, 2.45) is 4.99 Å². The summed E-state index contributed by atoms with van der Waals surface area (Å²) in [6.07, 6.45) is -3.99. The molecule has 1 aromatic heterocycles. The lowest BCUT2D eigenvalue weighted by atomic mass is 10.0. The number of amidine groups is 1. The van der Waals surface area contributed by atoms with Crippen LogP contribution in [0.5, 0.6) is 11.5 Å². The van der Waals surface area contributed by atoms with Crippen LogP contribution in [0.15, 0.2) is 65.9 Å². The fraction of sp³-hybridized carbons (Fsp3) is 0.233. The lowest BCUT2D eigenvalue weighted by Crippen LogP contribution is -2.33. The number of hydrogen-bond acceptors (Lipinski definition) is 8. The molecule has 1 aliphatic rings. The van der Waals surface area contributed by atoms with Crippen LogP contribution in [-0.2, 0) is 9.53 Å². The molecule has 3 amide bonds. The van der Waals surface area contributed by atoms with Gasteiger partial charge in [0.2, 0.25) is 5.91 Å². The van der Waals surface area contributed by atoms with Gasteiger partial charge in [-0.2, -0.15) is 4.99 Å². The van der Waals surface area contributed by atoms with E-state index in [1.54, 1.807) is 6.07 Å². The maximum atomic E-state index is 14.9. The van der Waals surface area contributed by atoms with Crippen LogP contribution in [0.1, 0.15) is 24.2 Å². The fourth-order valence-electron chi connectivity index (χ4n) is 4.44. The highest BCUT2D eigenvalue weighted by Gasteiger charge is 2.33. The second-order valence-corrected chi connectivity index (χ2v) is 10.9. The summed E-state index contributed by atoms with van der Waals surface area (Å²) in [7, 11) is 1.53. The van der Waals surface area contributed by atoms with Crippen molar-refractivity contribution in [3.05, 3.63) is 83.7 Å². The van der Waals surface area contributed by atoms with Gasteiger partial charge in [-0.05, 0) is 61.9 Å². The third-order valence-corrected chi connectivity index (χ3v) is 7.63. The molecule has 2 heterocycles. The van der Waals surface area contributed by atoms with Crippen LogP contribution in [0.25, 0.3) is 17.1 Å². The predicted octanol–water partition coefficient (Wildman–Crippen LogP) is 6.31. The van der Waals surface area contributed by atoms with Crippen LogP contribution >= 0.6 is 11.8 Å². The standard InChI is InChI=1S/C30H25F5N6O5S/c1-16-4-9-21(17(2)44-3)24(10-16)41-25(42)13-47-29(41)38-28(43)37-15-45-26-22(31)11-18(12-23(26)32)27-36-14-40(39-27)19-5-7-20(8-6-19)46-30(33,34)35/h4-12,14,17H,13,15H2,1-3H3,(H,37,43)/b38-29-. The van der Waals surface area contributed by atoms with Crippen LogP contribution < -0.4 is 19.7 Å². The number of aryl methyl sites for hydroxylation is 1. The van der Waals surface area contributed by atoms with Gasteiger partial charge in [0.25, 0.3) is 0 Å². The highest BCUT2D eigenvalue weighted by atomic mass is 32.2. The first-order valence-electron chi connectivity index (χ1n) is 13.7. The number of nitrogens with one attached hydrogen (secondary N) is 1. The van der Waals surface area contributed by atoms with E-state index in [4.69, 9.17) is 9.47 Å². The fourth-order valence-corrected chi connectivity index (χ4v) is 5.30. The maximum absolute atomic E-state index is 14.9. The molecule has 0 radical (unpaired) electrons. The monoisotopic (exact) mass is 676 g/mol. The number of amides is 3. The number of aromatic nitrogens is 3. The van der Waals surface area contributed by atoms with E-state index in [0.717, 1.165) is 47.2 Å². The summed E-state index contributed by atoms with van der Waals surface area (Å²) in [5.74, 6) is -3.78. The molecule has 1 unspecified atom stereocenters. The van der Waals surface area contributed by atoms with Gasteiger partial charge in [0, 0.05) is 18.2 Å². The van der Waals surface area contributed by atoms with Gasteiger partial charge in [-0.3, -0.25) is 9.69 Å². The number of benzene rings is 3. The summed E-state index contributed by atoms with van der Waals surface area (Å²) in [4.78, 5) is 34.7. The van der Waals surface area contributed by atoms with E-state index >= 15 is 0 Å². The Morgan fingerprint density at radius 3 is 2.47 bits per heavy atom. The molecule has 5 rings (SSSR count). The molecule has 246 valence electrons. The number of rotatable bonds is 9. The minimum atomic E-state index is -4.85. The number of urea groups is 1. The molecule has 0 aliphatic carbocycles. The summed E-state index contributed by atoms with van der Waals surface area (Å²) in [6.45, 7) is 3.02. The summed E-state index contributed by atoms with van der Waals surface area (Å²) >= 11 is 1.06. The molecule has 11 nitrogen and oxygen atoms in total. The number of halogens is 5. The summed E-state index contributed by atoms with van der Waals surface area (Å²) in [5, 5.41) is 6.52. The number of hydrogen-bond donors (Lipinski definition) is 1. The topological polar surface area (TPSA) is 120 Å². The molecule has 1 N–H and O–H groups in total. The quantitative estimate of drug-likeness (QED) is 0.162. The largest absolute Gasteiger partial charge is 0.573 e. The predicted molar refractivity (Wildman–Crippen MR) is 161 cm³/mol. The summed E-state index contributed by atoms with van der Waals surface area (Å²) in [5.41, 5.74) is 2.37. The second kappa shape index (κ2) is 13.8. The third kappa shape index (κ3) is 7.86. The van der Waals surface area contributed by atoms with Crippen LogP contribution in [0, 0.1) is 18.6 Å². The van der Waals surface area contributed by atoms with Gasteiger partial charge >= 0.3 is 12.4 Å². The zero-order valence-corrected chi connectivity index (χ0v) is 25.7. The van der Waals surface area contributed by atoms with Crippen molar-refractivity contribution in [3.63, 3.8) is 0 Å². The summed E-state index contributed by atoms with van der Waals surface area (Å²) in [6, 6.07) is 11.1. The molecule has 47 heavy (non-hydrogen) atoms. The lowest BCUT2D eigenvalue weighted by Gasteiger charge is -2.23. The Labute approximate surface area is 268 Å². The molecular weight excluding hydrogens is 651 g/mol. The normalized spacial score (nSPS) is 14.9. The van der Waals surface area contributed by atoms with Crippen molar-refractivity contribution in [3.8, 4) is 28.6 Å². The Morgan fingerprint density at radius 2 is 1.81 bits per heavy atom. The van der Waals surface area contributed by atoms with Gasteiger partial charge in [0.05, 0.1) is 23.2 Å². The molecule has 0 spiro atoms. The second-order valence-electron chi connectivity index (χ2n) is 9.95. The van der Waals surface area contributed by atoms with Crippen LogP contribution in [0.4, 0.5) is 32.4 Å². The number of nitrogens with zero attached hydrogens (tertiary/aromatic N) is 5. The average Bonchev–Trinajstić information content (AvgIpc) is 3.64. The molecule has 1 aliphatic heterocycles. The van der Waals surface area contributed by atoms with Crippen LogP contribution in [-0.4, -0.2) is 57.8 Å². The van der Waals surface area contributed by atoms with Crippen molar-refractivity contribution in [2.45, 2.75) is 26.3 Å². The smallest absolute Gasteiger partial charge is 0.467 e. The number of alkyl halides is 3. The number of ether oxygens (including phenoxy) is 3. The SMILES string of the molecule is COC(C)c1ccc(C)cc1N1C(=O)CS/C1=N\C(=O)NCOc1c(F)cc(-c2ncn(-c3ccc(OC(F)(F)F)cc3)n2)cc1F. The van der Waals surface area contributed by atoms with Crippen LogP contribution in [0.3, 0.4) is 0 Å². The molecular formula is C30H25F5N6O5S. The first-order chi connectivity index (χ1) is 22.3. The molecule has 0 bridgehead atoms. The van der Waals surface area contributed by atoms with Crippen molar-refractivity contribution in [1.29, 1.82) is 0 Å². The Kier molecular flexibility index (Phi) is 9.76. The van der Waals surface area contributed by atoms with E-state index in [1.165, 1.54) is 35.2 Å². The van der Waals surface area contributed by atoms with Gasteiger partial charge in [-0.25, -0.2) is 23.2 Å². The number of carbonyl (C=O) groups excluding carboxylic acids is 2. The zero-order valence-electron chi connectivity index (χ0n) is 24.8. The molecule has 17 heteroatoms. The molecule has 3 aromatic carbocycles.